The molecule has 1 unspecified atom stereocenters. The van der Waals surface area contributed by atoms with E-state index in [1.54, 1.807) is 0 Å². The van der Waals surface area contributed by atoms with Crippen LogP contribution >= 0.6 is 0 Å². The van der Waals surface area contributed by atoms with Crippen molar-refractivity contribution in [2.45, 2.75) is 6.17 Å². The van der Waals surface area contributed by atoms with Gasteiger partial charge in [0.1, 0.15) is 0 Å². The van der Waals surface area contributed by atoms with Gasteiger partial charge < -0.3 is 5.73 Å². The minimum Gasteiger partial charge on any atom is -0.314 e. The van der Waals surface area contributed by atoms with Gasteiger partial charge in [-0.2, -0.15) is 5.53 Å². The molecule has 7 N–H and O–H groups in total. The molecule has 0 bridgehead atoms. The minimum atomic E-state index is -0.0743. The Labute approximate surface area is 47.1 Å². The number of nitrogens with two attached hydrogens (primary N) is 2. The van der Waals surface area contributed by atoms with Crippen LogP contribution < -0.4 is 28.0 Å². The average Bonchev–Trinajstić information content (AvgIpc) is 1.77. The highest BCUT2D eigenvalue weighted by Crippen LogP contribution is 1.71. The molecule has 1 aliphatic rings. The molecular formula is C2H10N6. The third-order valence-corrected chi connectivity index (χ3v) is 0.852. The summed E-state index contributed by atoms with van der Waals surface area (Å²) in [4.78, 5) is 0. The molecular weight excluding hydrogens is 108 g/mol. The van der Waals surface area contributed by atoms with Gasteiger partial charge in [-0.15, -0.1) is 5.23 Å². The Balaban J connectivity index is 2.19. The highest BCUT2D eigenvalue weighted by molar-refractivity contribution is 4.58. The molecule has 6 nitrogen and oxygen atoms in total. The zero-order chi connectivity index (χ0) is 5.98. The van der Waals surface area contributed by atoms with Crippen molar-refractivity contribution >= 4 is 0 Å². The molecule has 1 atom stereocenters. The Bertz CT molecular complexity index is 54.9. The zero-order valence-electron chi connectivity index (χ0n) is 4.39. The van der Waals surface area contributed by atoms with E-state index in [-0.39, 0.29) is 6.17 Å². The van der Waals surface area contributed by atoms with Crippen LogP contribution in [0.2, 0.25) is 0 Å². The molecule has 1 rings (SSSR count). The van der Waals surface area contributed by atoms with Crippen LogP contribution in [-0.4, -0.2) is 17.9 Å². The van der Waals surface area contributed by atoms with Gasteiger partial charge in [0.25, 0.3) is 0 Å². The molecule has 0 saturated carbocycles. The highest BCUT2D eigenvalue weighted by atomic mass is 15.9. The number of hydrogen-bond donors (Lipinski definition) is 5. The van der Waals surface area contributed by atoms with Crippen molar-refractivity contribution in [3.05, 3.63) is 0 Å². The summed E-state index contributed by atoms with van der Waals surface area (Å²) in [5.74, 6) is 5.19. The predicted octanol–water partition coefficient (Wildman–Crippen LogP) is -3.03. The third kappa shape index (κ3) is 1.37. The average molecular weight is 118 g/mol. The fourth-order valence-electron chi connectivity index (χ4n) is 0.440. The molecule has 1 saturated heterocycles. The number of hydrogen-bond acceptors (Lipinski definition) is 6. The summed E-state index contributed by atoms with van der Waals surface area (Å²) in [6, 6.07) is 0. The molecule has 0 amide bonds. The van der Waals surface area contributed by atoms with Gasteiger partial charge >= 0.3 is 0 Å². The van der Waals surface area contributed by atoms with Gasteiger partial charge in [-0.1, -0.05) is 0 Å². The normalized spacial score (nSPS) is 33.0. The highest BCUT2D eigenvalue weighted by Gasteiger charge is 2.08. The summed E-state index contributed by atoms with van der Waals surface area (Å²) in [5.41, 5.74) is 13.4. The largest absolute Gasteiger partial charge is 0.314 e. The molecule has 0 spiro atoms. The molecule has 6 heteroatoms. The van der Waals surface area contributed by atoms with Gasteiger partial charge in [-0.3, -0.25) is 0 Å². The predicted molar refractivity (Wildman–Crippen MR) is 28.3 cm³/mol. The van der Waals surface area contributed by atoms with Crippen LogP contribution in [0.25, 0.3) is 0 Å². The van der Waals surface area contributed by atoms with E-state index in [1.165, 1.54) is 5.23 Å². The van der Waals surface area contributed by atoms with E-state index in [0.29, 0.717) is 6.54 Å². The van der Waals surface area contributed by atoms with Crippen LogP contribution in [0.15, 0.2) is 0 Å². The topological polar surface area (TPSA) is 91.4 Å². The summed E-state index contributed by atoms with van der Waals surface area (Å²) < 4.78 is 0. The molecule has 1 fully saturated rings. The molecule has 0 aromatic carbocycles. The van der Waals surface area contributed by atoms with E-state index >= 15 is 0 Å². The van der Waals surface area contributed by atoms with E-state index in [0.717, 1.165) is 0 Å². The molecule has 1 heterocycles. The first-order chi connectivity index (χ1) is 3.79. The van der Waals surface area contributed by atoms with E-state index in [9.17, 15) is 0 Å². The van der Waals surface area contributed by atoms with Gasteiger partial charge in [0.2, 0.25) is 0 Å². The Morgan fingerprint density at radius 2 is 2.38 bits per heavy atom. The Morgan fingerprint density at radius 3 is 2.75 bits per heavy atom. The van der Waals surface area contributed by atoms with E-state index < -0.39 is 0 Å². The third-order valence-electron chi connectivity index (χ3n) is 0.852. The molecule has 0 radical (unpaired) electrons. The lowest BCUT2D eigenvalue weighted by atomic mass is 10.5. The summed E-state index contributed by atoms with van der Waals surface area (Å²) in [7, 11) is 0. The van der Waals surface area contributed by atoms with Gasteiger partial charge in [0.05, 0.1) is 6.17 Å². The molecule has 0 aromatic rings. The number of hydrazine groups is 4. The van der Waals surface area contributed by atoms with Crippen molar-refractivity contribution < 1.29 is 0 Å². The number of nitrogens with zero attached hydrogens (tertiary/aromatic N) is 1. The van der Waals surface area contributed by atoms with Gasteiger partial charge in [0, 0.05) is 6.54 Å². The Hall–Kier alpha value is -0.240. The molecule has 0 aromatic heterocycles. The van der Waals surface area contributed by atoms with Crippen LogP contribution in [0.5, 0.6) is 0 Å². The maximum atomic E-state index is 5.38. The summed E-state index contributed by atoms with van der Waals surface area (Å²) in [6.07, 6.45) is -0.0743. The second-order valence-corrected chi connectivity index (χ2v) is 1.59. The van der Waals surface area contributed by atoms with E-state index in [4.69, 9.17) is 11.6 Å². The first kappa shape index (κ1) is 5.89. The van der Waals surface area contributed by atoms with Crippen molar-refractivity contribution in [2.24, 2.45) is 11.6 Å². The second-order valence-electron chi connectivity index (χ2n) is 1.59. The van der Waals surface area contributed by atoms with Crippen LogP contribution in [0.3, 0.4) is 0 Å². The smallest absolute Gasteiger partial charge is 0.0834 e. The van der Waals surface area contributed by atoms with Crippen LogP contribution in [0.1, 0.15) is 0 Å². The number of rotatable bonds is 0. The zero-order valence-corrected chi connectivity index (χ0v) is 4.39. The Morgan fingerprint density at radius 1 is 1.62 bits per heavy atom. The fraction of sp³-hybridized carbons (Fsp3) is 1.00. The maximum absolute atomic E-state index is 5.38. The number of nitrogens with one attached hydrogen (secondary N) is 3. The van der Waals surface area contributed by atoms with Crippen LogP contribution in [-0.2, 0) is 0 Å². The standard InChI is InChI=1S/C2H10N6/c3-2-1-5-8(4)7-6-2/h2,5-7H,1,3-4H2. The maximum Gasteiger partial charge on any atom is 0.0834 e. The Kier molecular flexibility index (Phi) is 1.73. The van der Waals surface area contributed by atoms with Crippen molar-refractivity contribution in [3.63, 3.8) is 0 Å². The van der Waals surface area contributed by atoms with Crippen LogP contribution in [0, 0.1) is 0 Å². The van der Waals surface area contributed by atoms with Crippen molar-refractivity contribution in [2.75, 3.05) is 6.54 Å². The van der Waals surface area contributed by atoms with Gasteiger partial charge in [-0.05, 0) is 0 Å². The lowest BCUT2D eigenvalue weighted by molar-refractivity contribution is 0.0338. The van der Waals surface area contributed by atoms with Gasteiger partial charge in [0.15, 0.2) is 0 Å². The van der Waals surface area contributed by atoms with E-state index in [2.05, 4.69) is 16.4 Å². The summed E-state index contributed by atoms with van der Waals surface area (Å²) in [6.45, 7) is 0.628. The van der Waals surface area contributed by atoms with Crippen molar-refractivity contribution in [1.82, 2.24) is 21.6 Å². The molecule has 1 aliphatic heterocycles. The second kappa shape index (κ2) is 2.35. The van der Waals surface area contributed by atoms with Gasteiger partial charge in [-0.25, -0.2) is 16.7 Å². The molecule has 8 heavy (non-hydrogen) atoms. The summed E-state index contributed by atoms with van der Waals surface area (Å²) >= 11 is 0. The quantitative estimate of drug-likeness (QED) is 0.217. The SMILES string of the molecule is NC1CNN(N)NN1. The van der Waals surface area contributed by atoms with E-state index in [1.807, 2.05) is 0 Å². The monoisotopic (exact) mass is 118 g/mol. The first-order valence-electron chi connectivity index (χ1n) is 2.34. The van der Waals surface area contributed by atoms with Crippen LogP contribution in [0.4, 0.5) is 0 Å². The molecule has 0 aliphatic carbocycles. The van der Waals surface area contributed by atoms with Crippen molar-refractivity contribution in [1.29, 1.82) is 0 Å². The lowest BCUT2D eigenvalue weighted by Crippen LogP contribution is -2.70. The lowest BCUT2D eigenvalue weighted by Gasteiger charge is -2.28. The molecule has 48 valence electrons. The first-order valence-corrected chi connectivity index (χ1v) is 2.34. The fourth-order valence-corrected chi connectivity index (χ4v) is 0.440. The summed E-state index contributed by atoms with van der Waals surface area (Å²) in [5, 5.41) is 1.21. The van der Waals surface area contributed by atoms with Crippen molar-refractivity contribution in [3.8, 4) is 0 Å². The minimum absolute atomic E-state index is 0.0743.